The van der Waals surface area contributed by atoms with E-state index in [2.05, 4.69) is 60.7 Å². The molecule has 2 heterocycles. The lowest BCUT2D eigenvalue weighted by Crippen LogP contribution is -2.72. The highest BCUT2D eigenvalue weighted by molar-refractivity contribution is 7.22. The number of methoxy groups -OCH3 is 1. The van der Waals surface area contributed by atoms with Gasteiger partial charge in [0.15, 0.2) is 8.07 Å². The Morgan fingerprint density at radius 1 is 0.786 bits per heavy atom. The fourth-order valence-corrected chi connectivity index (χ4v) is 9.60. The molecule has 0 saturated carbocycles. The minimum absolute atomic E-state index is 0.218. The van der Waals surface area contributed by atoms with Crippen LogP contribution in [0.25, 0.3) is 11.3 Å². The Kier molecular flexibility index (Phi) is 3.81. The van der Waals surface area contributed by atoms with Gasteiger partial charge in [-0.2, -0.15) is 0 Å². The Bertz CT molecular complexity index is 1120. The number of fused-ring (bicyclic) bond motifs is 3. The minimum Gasteiger partial charge on any atom is -0.507 e. The number of hydrogen-bond donors (Lipinski definition) is 1. The zero-order chi connectivity index (χ0) is 19.1. The van der Waals surface area contributed by atoms with Gasteiger partial charge in [0.05, 0.1) is 12.8 Å². The molecule has 4 heteroatoms. The van der Waals surface area contributed by atoms with Gasteiger partial charge in [0.2, 0.25) is 0 Å². The number of phenolic OH excluding ortho intramolecular Hbond substituents is 1. The van der Waals surface area contributed by atoms with Crippen LogP contribution in [0.15, 0.2) is 91.1 Å². The van der Waals surface area contributed by atoms with E-state index >= 15 is 0 Å². The molecule has 136 valence electrons. The molecule has 5 rings (SSSR count). The molecule has 0 unspecified atom stereocenters. The Labute approximate surface area is 164 Å². The first-order valence-electron chi connectivity index (χ1n) is 9.25. The van der Waals surface area contributed by atoms with Gasteiger partial charge in [0.25, 0.3) is 0 Å². The van der Waals surface area contributed by atoms with Crippen LogP contribution < -0.4 is 25.5 Å². The molecule has 0 fully saturated rings. The lowest BCUT2D eigenvalue weighted by molar-refractivity contribution is 0.408. The maximum atomic E-state index is 10.9. The molecule has 28 heavy (non-hydrogen) atoms. The lowest BCUT2D eigenvalue weighted by Gasteiger charge is -2.31. The summed E-state index contributed by atoms with van der Waals surface area (Å²) in [5.74, 6) is 0.878. The molecule has 0 amide bonds. The third-order valence-corrected chi connectivity index (χ3v) is 10.4. The molecule has 1 aromatic heterocycles. The van der Waals surface area contributed by atoms with Gasteiger partial charge in [-0.15, -0.1) is 0 Å². The maximum absolute atomic E-state index is 10.9. The number of nitrogens with zero attached hydrogens (tertiary/aromatic N) is 1. The average Bonchev–Trinajstić information content (AvgIpc) is 3.06. The minimum atomic E-state index is -2.61. The highest BCUT2D eigenvalue weighted by Gasteiger charge is 2.50. The molecule has 0 spiro atoms. The number of pyridine rings is 1. The Morgan fingerprint density at radius 3 is 2.04 bits per heavy atom. The zero-order valence-electron chi connectivity index (χ0n) is 15.5. The molecule has 3 aromatic carbocycles. The van der Waals surface area contributed by atoms with Crippen molar-refractivity contribution in [3.05, 3.63) is 91.1 Å². The van der Waals surface area contributed by atoms with Crippen LogP contribution in [0.2, 0.25) is 0 Å². The second kappa shape index (κ2) is 6.36. The number of aromatic nitrogens is 1. The summed E-state index contributed by atoms with van der Waals surface area (Å²) < 4.78 is 5.53. The lowest BCUT2D eigenvalue weighted by atomic mass is 10.1. The van der Waals surface area contributed by atoms with E-state index in [9.17, 15) is 5.11 Å². The SMILES string of the molecule is COc1cc(O)c2c(c1)[Si](c1ccccc1)(c1ccccc1)c1cccnc1-2. The van der Waals surface area contributed by atoms with Crippen molar-refractivity contribution in [3.8, 4) is 22.8 Å². The van der Waals surface area contributed by atoms with E-state index < -0.39 is 8.07 Å². The Hall–Kier alpha value is -3.37. The molecular formula is C24H19NO2Si. The zero-order valence-corrected chi connectivity index (χ0v) is 16.5. The summed E-state index contributed by atoms with van der Waals surface area (Å²) in [6.07, 6.45) is 1.80. The highest BCUT2D eigenvalue weighted by atomic mass is 28.3. The average molecular weight is 382 g/mol. The van der Waals surface area contributed by atoms with Gasteiger partial charge in [0, 0.05) is 17.8 Å². The summed E-state index contributed by atoms with van der Waals surface area (Å²) in [7, 11) is -0.973. The predicted octanol–water partition coefficient (Wildman–Crippen LogP) is 2.15. The van der Waals surface area contributed by atoms with Crippen molar-refractivity contribution >= 4 is 28.8 Å². The van der Waals surface area contributed by atoms with Crippen LogP contribution >= 0.6 is 0 Å². The van der Waals surface area contributed by atoms with Gasteiger partial charge in [-0.25, -0.2) is 0 Å². The van der Waals surface area contributed by atoms with Crippen molar-refractivity contribution in [2.24, 2.45) is 0 Å². The molecule has 4 aromatic rings. The number of ether oxygens (including phenoxy) is 1. The standard InChI is InChI=1S/C24H19NO2Si/c1-27-17-15-20(26)23-22(16-17)28(18-9-4-2-5-10-18,19-11-6-3-7-12-19)21-13-8-14-25-24(21)23/h2-16,26H,1H3. The van der Waals surface area contributed by atoms with E-state index in [1.165, 1.54) is 15.6 Å². The molecule has 1 N–H and O–H groups in total. The maximum Gasteiger partial charge on any atom is 0.182 e. The third-order valence-electron chi connectivity index (χ3n) is 5.59. The van der Waals surface area contributed by atoms with Crippen LogP contribution in [0.4, 0.5) is 0 Å². The number of hydrogen-bond acceptors (Lipinski definition) is 3. The third kappa shape index (κ3) is 2.18. The molecular weight excluding hydrogens is 362 g/mol. The van der Waals surface area contributed by atoms with Crippen LogP contribution in [0.1, 0.15) is 0 Å². The molecule has 0 aliphatic carbocycles. The van der Waals surface area contributed by atoms with Crippen LogP contribution in [0.3, 0.4) is 0 Å². The second-order valence-electron chi connectivity index (χ2n) is 6.95. The molecule has 1 aliphatic rings. The normalized spacial score (nSPS) is 13.6. The monoisotopic (exact) mass is 381 g/mol. The fourth-order valence-electron chi connectivity index (χ4n) is 4.48. The first kappa shape index (κ1) is 16.8. The fraction of sp³-hybridized carbons (Fsp3) is 0.0417. The molecule has 3 nitrogen and oxygen atoms in total. The molecule has 1 aliphatic heterocycles. The molecule has 0 bridgehead atoms. The van der Waals surface area contributed by atoms with Gasteiger partial charge in [-0.05, 0) is 32.9 Å². The van der Waals surface area contributed by atoms with E-state index in [0.717, 1.165) is 16.4 Å². The second-order valence-corrected chi connectivity index (χ2v) is 10.7. The summed E-state index contributed by atoms with van der Waals surface area (Å²) in [4.78, 5) is 4.70. The highest BCUT2D eigenvalue weighted by Crippen LogP contribution is 2.36. The van der Waals surface area contributed by atoms with E-state index in [4.69, 9.17) is 9.72 Å². The molecule has 0 radical (unpaired) electrons. The van der Waals surface area contributed by atoms with Crippen LogP contribution in [0.5, 0.6) is 11.5 Å². The van der Waals surface area contributed by atoms with Crippen molar-refractivity contribution in [1.82, 2.24) is 4.98 Å². The quantitative estimate of drug-likeness (QED) is 0.487. The summed E-state index contributed by atoms with van der Waals surface area (Å²) in [6.45, 7) is 0. The van der Waals surface area contributed by atoms with Gasteiger partial charge in [-0.1, -0.05) is 66.7 Å². The van der Waals surface area contributed by atoms with Gasteiger partial charge >= 0.3 is 0 Å². The Balaban J connectivity index is 2.00. The largest absolute Gasteiger partial charge is 0.507 e. The van der Waals surface area contributed by atoms with Gasteiger partial charge < -0.3 is 9.84 Å². The predicted molar refractivity (Wildman–Crippen MR) is 115 cm³/mol. The first-order valence-corrected chi connectivity index (χ1v) is 11.2. The van der Waals surface area contributed by atoms with Gasteiger partial charge in [-0.3, -0.25) is 4.98 Å². The number of rotatable bonds is 3. The number of aromatic hydroxyl groups is 1. The van der Waals surface area contributed by atoms with E-state index in [-0.39, 0.29) is 5.75 Å². The van der Waals surface area contributed by atoms with Crippen LogP contribution in [-0.4, -0.2) is 25.3 Å². The number of benzene rings is 3. The topological polar surface area (TPSA) is 42.4 Å². The van der Waals surface area contributed by atoms with Crippen LogP contribution in [-0.2, 0) is 0 Å². The van der Waals surface area contributed by atoms with Crippen LogP contribution in [0, 0.1) is 0 Å². The smallest absolute Gasteiger partial charge is 0.182 e. The van der Waals surface area contributed by atoms with Crippen molar-refractivity contribution in [2.75, 3.05) is 7.11 Å². The van der Waals surface area contributed by atoms with E-state index in [1.807, 2.05) is 18.2 Å². The summed E-state index contributed by atoms with van der Waals surface area (Å²) in [6, 6.07) is 29.1. The molecule has 0 saturated heterocycles. The summed E-state index contributed by atoms with van der Waals surface area (Å²) in [5, 5.41) is 15.8. The van der Waals surface area contributed by atoms with Crippen molar-refractivity contribution in [2.45, 2.75) is 0 Å². The number of phenols is 1. The van der Waals surface area contributed by atoms with Gasteiger partial charge in [0.1, 0.15) is 11.5 Å². The summed E-state index contributed by atoms with van der Waals surface area (Å²) >= 11 is 0. The van der Waals surface area contributed by atoms with E-state index in [1.54, 1.807) is 19.4 Å². The van der Waals surface area contributed by atoms with Crippen molar-refractivity contribution in [3.63, 3.8) is 0 Å². The summed E-state index contributed by atoms with van der Waals surface area (Å²) in [5.41, 5.74) is 1.70. The first-order chi connectivity index (χ1) is 13.8. The molecule has 0 atom stereocenters. The van der Waals surface area contributed by atoms with E-state index in [0.29, 0.717) is 5.75 Å². The van der Waals surface area contributed by atoms with Crippen molar-refractivity contribution < 1.29 is 9.84 Å². The van der Waals surface area contributed by atoms with Crippen molar-refractivity contribution in [1.29, 1.82) is 0 Å². The Morgan fingerprint density at radius 2 is 1.43 bits per heavy atom.